The van der Waals surface area contributed by atoms with Crippen LogP contribution in [0.3, 0.4) is 0 Å². The summed E-state index contributed by atoms with van der Waals surface area (Å²) in [6, 6.07) is 8.82. The first kappa shape index (κ1) is 12.9. The molecular weight excluding hydrogens is 266 g/mol. The van der Waals surface area contributed by atoms with Crippen molar-refractivity contribution in [3.05, 3.63) is 24.3 Å². The van der Waals surface area contributed by atoms with Crippen LogP contribution in [-0.4, -0.2) is 53.6 Å². The third-order valence-corrected chi connectivity index (χ3v) is 4.05. The first-order valence-corrected chi connectivity index (χ1v) is 7.57. The summed E-state index contributed by atoms with van der Waals surface area (Å²) in [6.45, 7) is 3.17. The Labute approximate surface area is 123 Å². The van der Waals surface area contributed by atoms with E-state index in [0.717, 1.165) is 37.3 Å². The van der Waals surface area contributed by atoms with Gasteiger partial charge in [-0.1, -0.05) is 12.1 Å². The number of hydrogen-bond donors (Lipinski definition) is 1. The normalized spacial score (nSPS) is 22.7. The third-order valence-electron chi connectivity index (χ3n) is 4.05. The maximum atomic E-state index is 5.62. The lowest BCUT2D eigenvalue weighted by Gasteiger charge is -2.35. The van der Waals surface area contributed by atoms with Gasteiger partial charge >= 0.3 is 0 Å². The van der Waals surface area contributed by atoms with Gasteiger partial charge in [-0.05, 0) is 25.0 Å². The molecule has 1 atom stereocenters. The van der Waals surface area contributed by atoms with Crippen molar-refractivity contribution in [2.75, 3.05) is 31.2 Å². The minimum Gasteiger partial charge on any atom is -0.377 e. The van der Waals surface area contributed by atoms with Crippen molar-refractivity contribution < 1.29 is 4.74 Å². The van der Waals surface area contributed by atoms with Gasteiger partial charge in [-0.2, -0.15) is 0 Å². The first-order valence-electron chi connectivity index (χ1n) is 7.57. The van der Waals surface area contributed by atoms with Gasteiger partial charge in [0.25, 0.3) is 0 Å². The van der Waals surface area contributed by atoms with Crippen LogP contribution in [0, 0.1) is 0 Å². The molecule has 1 saturated heterocycles. The largest absolute Gasteiger partial charge is 0.377 e. The number of aromatic nitrogens is 3. The Morgan fingerprint density at radius 1 is 1.19 bits per heavy atom. The van der Waals surface area contributed by atoms with Crippen LogP contribution >= 0.6 is 0 Å². The number of nitrogens with one attached hydrogen (secondary N) is 1. The number of ether oxygens (including phenoxy) is 1. The van der Waals surface area contributed by atoms with Gasteiger partial charge in [0.15, 0.2) is 0 Å². The maximum absolute atomic E-state index is 5.62. The molecule has 4 rings (SSSR count). The quantitative estimate of drug-likeness (QED) is 0.903. The topological polar surface area (TPSA) is 63.2 Å². The van der Waals surface area contributed by atoms with Crippen LogP contribution < -0.4 is 10.2 Å². The average Bonchev–Trinajstić information content (AvgIpc) is 3.37. The number of benzene rings is 1. The Hall–Kier alpha value is -1.79. The second kappa shape index (κ2) is 5.54. The summed E-state index contributed by atoms with van der Waals surface area (Å²) in [4.78, 5) is 6.88. The number of morpholine rings is 1. The molecule has 1 unspecified atom stereocenters. The van der Waals surface area contributed by atoms with E-state index in [0.29, 0.717) is 12.0 Å². The molecule has 1 aromatic carbocycles. The van der Waals surface area contributed by atoms with E-state index >= 15 is 0 Å². The molecule has 21 heavy (non-hydrogen) atoms. The van der Waals surface area contributed by atoms with E-state index in [2.05, 4.69) is 25.4 Å². The molecule has 0 spiro atoms. The molecule has 1 aliphatic carbocycles. The predicted molar refractivity (Wildman–Crippen MR) is 80.3 cm³/mol. The van der Waals surface area contributed by atoms with Gasteiger partial charge in [-0.25, -0.2) is 4.98 Å². The summed E-state index contributed by atoms with van der Waals surface area (Å²) < 4.78 is 5.62. The summed E-state index contributed by atoms with van der Waals surface area (Å²) in [5.41, 5.74) is 1.73. The van der Waals surface area contributed by atoms with Crippen LogP contribution in [0.5, 0.6) is 0 Å². The molecule has 2 heterocycles. The molecule has 6 heteroatoms. The van der Waals surface area contributed by atoms with E-state index in [9.17, 15) is 0 Å². The molecule has 0 amide bonds. The third kappa shape index (κ3) is 2.82. The first-order chi connectivity index (χ1) is 10.4. The number of anilines is 1. The highest BCUT2D eigenvalue weighted by molar-refractivity contribution is 5.74. The van der Waals surface area contributed by atoms with Crippen LogP contribution in [0.15, 0.2) is 24.3 Å². The smallest absolute Gasteiger partial charge is 0.246 e. The fraction of sp³-hybridized carbons (Fsp3) is 0.533. The van der Waals surface area contributed by atoms with Gasteiger partial charge in [0.1, 0.15) is 5.52 Å². The summed E-state index contributed by atoms with van der Waals surface area (Å²) >= 11 is 0. The number of nitrogens with zero attached hydrogens (tertiary/aromatic N) is 4. The molecule has 0 bridgehead atoms. The maximum Gasteiger partial charge on any atom is 0.246 e. The zero-order chi connectivity index (χ0) is 14.1. The number of fused-ring (bicyclic) bond motifs is 1. The molecule has 1 saturated carbocycles. The lowest BCUT2D eigenvalue weighted by molar-refractivity contribution is 0.0927. The number of para-hydroxylation sites is 1. The van der Waals surface area contributed by atoms with Crippen molar-refractivity contribution in [2.45, 2.75) is 24.9 Å². The molecule has 6 nitrogen and oxygen atoms in total. The van der Waals surface area contributed by atoms with E-state index in [4.69, 9.17) is 4.74 Å². The van der Waals surface area contributed by atoms with Crippen LogP contribution in [0.4, 0.5) is 5.95 Å². The summed E-state index contributed by atoms with van der Waals surface area (Å²) in [7, 11) is 0. The number of rotatable bonds is 4. The zero-order valence-corrected chi connectivity index (χ0v) is 11.9. The molecule has 0 radical (unpaired) electrons. The molecule has 1 aromatic heterocycles. The van der Waals surface area contributed by atoms with Crippen molar-refractivity contribution in [3.63, 3.8) is 0 Å². The molecule has 1 N–H and O–H groups in total. The predicted octanol–water partition coefficient (Wildman–Crippen LogP) is 0.982. The van der Waals surface area contributed by atoms with Crippen LogP contribution in [0.2, 0.25) is 0 Å². The van der Waals surface area contributed by atoms with Gasteiger partial charge in [0.05, 0.1) is 24.8 Å². The molecule has 2 aromatic rings. The van der Waals surface area contributed by atoms with Gasteiger partial charge in [-0.15, -0.1) is 10.2 Å². The van der Waals surface area contributed by atoms with Crippen molar-refractivity contribution in [1.29, 1.82) is 0 Å². The summed E-state index contributed by atoms with van der Waals surface area (Å²) in [6.07, 6.45) is 2.59. The van der Waals surface area contributed by atoms with Crippen molar-refractivity contribution in [2.24, 2.45) is 0 Å². The van der Waals surface area contributed by atoms with E-state index in [-0.39, 0.29) is 6.04 Å². The SMILES string of the molecule is c1ccc2nc(N3CCOCC3CNC3CC3)nnc2c1. The lowest BCUT2D eigenvalue weighted by Crippen LogP contribution is -2.51. The van der Waals surface area contributed by atoms with Gasteiger partial charge in [0, 0.05) is 19.1 Å². The Kier molecular flexibility index (Phi) is 3.40. The van der Waals surface area contributed by atoms with Crippen LogP contribution in [0.25, 0.3) is 11.0 Å². The Morgan fingerprint density at radius 2 is 2.05 bits per heavy atom. The van der Waals surface area contributed by atoms with E-state index < -0.39 is 0 Å². The van der Waals surface area contributed by atoms with Gasteiger partial charge in [-0.3, -0.25) is 0 Å². The molecular formula is C15H19N5O. The minimum absolute atomic E-state index is 0.280. The Morgan fingerprint density at radius 3 is 2.90 bits per heavy atom. The highest BCUT2D eigenvalue weighted by Crippen LogP contribution is 2.21. The zero-order valence-electron chi connectivity index (χ0n) is 11.9. The highest BCUT2D eigenvalue weighted by atomic mass is 16.5. The van der Waals surface area contributed by atoms with E-state index in [1.165, 1.54) is 12.8 Å². The average molecular weight is 285 g/mol. The second-order valence-corrected chi connectivity index (χ2v) is 5.71. The Balaban J connectivity index is 1.57. The standard InChI is InChI=1S/C15H19N5O/c1-2-4-14-13(3-1)17-15(19-18-14)20-7-8-21-10-12(20)9-16-11-5-6-11/h1-4,11-12,16H,5-10H2. The molecule has 110 valence electrons. The van der Waals surface area contributed by atoms with Crippen molar-refractivity contribution >= 4 is 17.0 Å². The monoisotopic (exact) mass is 285 g/mol. The van der Waals surface area contributed by atoms with Crippen LogP contribution in [0.1, 0.15) is 12.8 Å². The fourth-order valence-electron chi connectivity index (χ4n) is 2.67. The van der Waals surface area contributed by atoms with Gasteiger partial charge in [0.2, 0.25) is 5.95 Å². The highest BCUT2D eigenvalue weighted by Gasteiger charge is 2.28. The van der Waals surface area contributed by atoms with Crippen molar-refractivity contribution in [1.82, 2.24) is 20.5 Å². The minimum atomic E-state index is 0.280. The van der Waals surface area contributed by atoms with E-state index in [1.807, 2.05) is 24.3 Å². The second-order valence-electron chi connectivity index (χ2n) is 5.71. The molecule has 2 fully saturated rings. The Bertz CT molecular complexity index is 630. The van der Waals surface area contributed by atoms with Gasteiger partial charge < -0.3 is 15.0 Å². The molecule has 1 aliphatic heterocycles. The van der Waals surface area contributed by atoms with Crippen molar-refractivity contribution in [3.8, 4) is 0 Å². The summed E-state index contributed by atoms with van der Waals surface area (Å²) in [5, 5.41) is 12.2. The van der Waals surface area contributed by atoms with Crippen LogP contribution in [-0.2, 0) is 4.74 Å². The number of hydrogen-bond acceptors (Lipinski definition) is 6. The summed E-state index contributed by atoms with van der Waals surface area (Å²) in [5.74, 6) is 0.708. The van der Waals surface area contributed by atoms with E-state index in [1.54, 1.807) is 0 Å². The lowest BCUT2D eigenvalue weighted by atomic mass is 10.2. The molecule has 2 aliphatic rings. The fourth-order valence-corrected chi connectivity index (χ4v) is 2.67.